The van der Waals surface area contributed by atoms with E-state index in [1.807, 2.05) is 12.3 Å². The number of halogens is 1. The first kappa shape index (κ1) is 27.0. The first-order chi connectivity index (χ1) is 18.7. The molecule has 0 N–H and O–H groups in total. The number of ether oxygens (including phenoxy) is 2. The predicted octanol–water partition coefficient (Wildman–Crippen LogP) is 6.08. The van der Waals surface area contributed by atoms with Crippen LogP contribution in [0.1, 0.15) is 16.8 Å². The Kier molecular flexibility index (Phi) is 7.54. The Morgan fingerprint density at radius 2 is 2.00 bits per heavy atom. The average Bonchev–Trinajstić information content (AvgIpc) is 3.26. The van der Waals surface area contributed by atoms with Crippen molar-refractivity contribution in [3.05, 3.63) is 65.2 Å². The van der Waals surface area contributed by atoms with E-state index in [2.05, 4.69) is 43.7 Å². The largest absolute Gasteiger partial charge is 0.496 e. The standard InChI is InChI=1S/C30H34FN5O2Si/c1-35-10-9-26-22(18-35)13-21(17-33-26)30-24-15-23(29-25(31)7-6-8-28(29)37-2)20(16-32)14-27(24)36(34-30)19-38-11-12-39(3,4)5/h6-8,13-15,17H,9-12,18-19H2,1-5H3. The summed E-state index contributed by atoms with van der Waals surface area (Å²) in [6.07, 6.45) is 2.78. The summed E-state index contributed by atoms with van der Waals surface area (Å²) in [5.41, 5.74) is 5.71. The second-order valence-corrected chi connectivity index (χ2v) is 17.0. The number of rotatable bonds is 8. The summed E-state index contributed by atoms with van der Waals surface area (Å²) in [6.45, 7) is 9.66. The Hall–Kier alpha value is -3.58. The summed E-state index contributed by atoms with van der Waals surface area (Å²) >= 11 is 0. The molecule has 0 spiro atoms. The smallest absolute Gasteiger partial charge is 0.140 e. The van der Waals surface area contributed by atoms with Gasteiger partial charge in [0.15, 0.2) is 0 Å². The van der Waals surface area contributed by atoms with Crippen LogP contribution in [0.15, 0.2) is 42.6 Å². The molecule has 2 aromatic carbocycles. The molecule has 0 bridgehead atoms. The van der Waals surface area contributed by atoms with Gasteiger partial charge in [0.05, 0.1) is 29.8 Å². The molecule has 0 radical (unpaired) electrons. The fraction of sp³-hybridized carbons (Fsp3) is 0.367. The molecule has 3 heterocycles. The van der Waals surface area contributed by atoms with Crippen LogP contribution in [0.3, 0.4) is 0 Å². The van der Waals surface area contributed by atoms with E-state index < -0.39 is 13.9 Å². The lowest BCUT2D eigenvalue weighted by Crippen LogP contribution is -2.27. The number of hydrogen-bond donors (Lipinski definition) is 0. The maximum Gasteiger partial charge on any atom is 0.140 e. The van der Waals surface area contributed by atoms with E-state index in [0.29, 0.717) is 23.5 Å². The molecule has 1 aliphatic heterocycles. The Morgan fingerprint density at radius 3 is 2.74 bits per heavy atom. The number of hydrogen-bond acceptors (Lipinski definition) is 6. The van der Waals surface area contributed by atoms with Crippen LogP contribution in [0.4, 0.5) is 4.39 Å². The minimum atomic E-state index is -1.25. The van der Waals surface area contributed by atoms with Crippen molar-refractivity contribution in [2.45, 2.75) is 45.4 Å². The Balaban J connectivity index is 1.67. The number of fused-ring (bicyclic) bond motifs is 2. The van der Waals surface area contributed by atoms with Crippen LogP contribution in [-0.2, 0) is 24.4 Å². The van der Waals surface area contributed by atoms with Gasteiger partial charge in [-0.1, -0.05) is 25.7 Å². The molecule has 0 saturated carbocycles. The molecule has 4 aromatic rings. The van der Waals surface area contributed by atoms with Gasteiger partial charge in [-0.15, -0.1) is 0 Å². The second-order valence-electron chi connectivity index (χ2n) is 11.4. The summed E-state index contributed by atoms with van der Waals surface area (Å²) < 4.78 is 28.5. The zero-order valence-electron chi connectivity index (χ0n) is 23.2. The van der Waals surface area contributed by atoms with E-state index in [9.17, 15) is 5.26 Å². The van der Waals surface area contributed by atoms with Crippen molar-refractivity contribution >= 4 is 19.0 Å². The molecule has 1 aliphatic rings. The van der Waals surface area contributed by atoms with E-state index >= 15 is 4.39 Å². The topological polar surface area (TPSA) is 76.2 Å². The zero-order chi connectivity index (χ0) is 27.7. The number of benzene rings is 2. The lowest BCUT2D eigenvalue weighted by Gasteiger charge is -2.24. The van der Waals surface area contributed by atoms with E-state index in [4.69, 9.17) is 19.6 Å². The van der Waals surface area contributed by atoms with Gasteiger partial charge in [0.2, 0.25) is 0 Å². The maximum atomic E-state index is 15.2. The number of pyridine rings is 1. The zero-order valence-corrected chi connectivity index (χ0v) is 24.2. The van der Waals surface area contributed by atoms with Crippen molar-refractivity contribution in [1.82, 2.24) is 19.7 Å². The molecule has 5 rings (SSSR count). The molecule has 0 saturated heterocycles. The minimum Gasteiger partial charge on any atom is -0.496 e. The number of nitrogens with zero attached hydrogens (tertiary/aromatic N) is 5. The third kappa shape index (κ3) is 5.59. The molecule has 39 heavy (non-hydrogen) atoms. The fourth-order valence-electron chi connectivity index (χ4n) is 4.99. The molecule has 202 valence electrons. The highest BCUT2D eigenvalue weighted by atomic mass is 28.3. The minimum absolute atomic E-state index is 0.258. The van der Waals surface area contributed by atoms with Gasteiger partial charge >= 0.3 is 0 Å². The number of nitriles is 1. The van der Waals surface area contributed by atoms with E-state index in [1.54, 1.807) is 22.9 Å². The average molecular weight is 544 g/mol. The van der Waals surface area contributed by atoms with Crippen LogP contribution in [-0.4, -0.2) is 55.0 Å². The molecule has 2 aromatic heterocycles. The Labute approximate surface area is 229 Å². The third-order valence-corrected chi connectivity index (χ3v) is 8.89. The number of methoxy groups -OCH3 is 1. The van der Waals surface area contributed by atoms with E-state index in [0.717, 1.165) is 53.4 Å². The van der Waals surface area contributed by atoms with Gasteiger partial charge < -0.3 is 14.4 Å². The highest BCUT2D eigenvalue weighted by Gasteiger charge is 2.23. The van der Waals surface area contributed by atoms with Gasteiger partial charge in [0.25, 0.3) is 0 Å². The molecule has 0 atom stereocenters. The summed E-state index contributed by atoms with van der Waals surface area (Å²) in [5, 5.41) is 15.8. The molecular formula is C30H34FN5O2Si. The van der Waals surface area contributed by atoms with E-state index in [1.165, 1.54) is 18.7 Å². The summed E-state index contributed by atoms with van der Waals surface area (Å²) in [5.74, 6) is -0.0831. The maximum absolute atomic E-state index is 15.2. The lowest BCUT2D eigenvalue weighted by atomic mass is 9.95. The third-order valence-electron chi connectivity index (χ3n) is 7.19. The number of likely N-dealkylation sites (N-methyl/N-ethyl adjacent to an activating group) is 1. The Morgan fingerprint density at radius 1 is 1.18 bits per heavy atom. The highest BCUT2D eigenvalue weighted by Crippen LogP contribution is 2.39. The van der Waals surface area contributed by atoms with E-state index in [-0.39, 0.29) is 12.3 Å². The van der Waals surface area contributed by atoms with Gasteiger partial charge in [-0.05, 0) is 49.0 Å². The van der Waals surface area contributed by atoms with Crippen LogP contribution in [0, 0.1) is 17.1 Å². The molecular weight excluding hydrogens is 509 g/mol. The molecule has 9 heteroatoms. The molecule has 0 aliphatic carbocycles. The van der Waals surface area contributed by atoms with Gasteiger partial charge in [0, 0.05) is 62.6 Å². The molecule has 7 nitrogen and oxygen atoms in total. The van der Waals surface area contributed by atoms with Crippen molar-refractivity contribution in [2.75, 3.05) is 27.3 Å². The van der Waals surface area contributed by atoms with Crippen molar-refractivity contribution < 1.29 is 13.9 Å². The molecule has 0 unspecified atom stereocenters. The van der Waals surface area contributed by atoms with Crippen molar-refractivity contribution in [3.63, 3.8) is 0 Å². The Bertz CT molecular complexity index is 1570. The van der Waals surface area contributed by atoms with Crippen molar-refractivity contribution in [1.29, 1.82) is 5.26 Å². The first-order valence-electron chi connectivity index (χ1n) is 13.2. The van der Waals surface area contributed by atoms with Gasteiger partial charge in [0.1, 0.15) is 24.0 Å². The van der Waals surface area contributed by atoms with Crippen LogP contribution < -0.4 is 4.74 Å². The summed E-state index contributed by atoms with van der Waals surface area (Å²) in [7, 11) is 2.36. The van der Waals surface area contributed by atoms with Gasteiger partial charge in [-0.3, -0.25) is 4.98 Å². The monoisotopic (exact) mass is 543 g/mol. The van der Waals surface area contributed by atoms with Crippen LogP contribution in [0.25, 0.3) is 33.3 Å². The molecule has 0 fully saturated rings. The van der Waals surface area contributed by atoms with Crippen molar-refractivity contribution in [3.8, 4) is 34.2 Å². The molecule has 0 amide bonds. The SMILES string of the molecule is COc1cccc(F)c1-c1cc2c(-c3cnc4c(c3)CN(C)CC4)nn(COCC[Si](C)(C)C)c2cc1C#N. The second kappa shape index (κ2) is 10.9. The summed E-state index contributed by atoms with van der Waals surface area (Å²) in [6, 6.07) is 13.7. The quantitative estimate of drug-likeness (QED) is 0.198. The van der Waals surface area contributed by atoms with Crippen LogP contribution in [0.5, 0.6) is 5.75 Å². The van der Waals surface area contributed by atoms with Gasteiger partial charge in [-0.25, -0.2) is 9.07 Å². The summed E-state index contributed by atoms with van der Waals surface area (Å²) in [4.78, 5) is 7.05. The highest BCUT2D eigenvalue weighted by molar-refractivity contribution is 6.76. The van der Waals surface area contributed by atoms with Gasteiger partial charge in [-0.2, -0.15) is 10.4 Å². The van der Waals surface area contributed by atoms with Crippen molar-refractivity contribution in [2.24, 2.45) is 0 Å². The lowest BCUT2D eigenvalue weighted by molar-refractivity contribution is 0.0818. The predicted molar refractivity (Wildman–Crippen MR) is 154 cm³/mol. The van der Waals surface area contributed by atoms with Crippen LogP contribution >= 0.6 is 0 Å². The first-order valence-corrected chi connectivity index (χ1v) is 16.9. The number of aromatic nitrogens is 3. The van der Waals surface area contributed by atoms with Crippen LogP contribution in [0.2, 0.25) is 25.7 Å². The fourth-order valence-corrected chi connectivity index (χ4v) is 5.75. The normalized spacial score (nSPS) is 13.9.